The molecule has 3 nitrogen and oxygen atoms in total. The van der Waals surface area contributed by atoms with E-state index in [9.17, 15) is 0 Å². The van der Waals surface area contributed by atoms with Crippen molar-refractivity contribution in [3.05, 3.63) is 57.7 Å². The molecule has 0 saturated carbocycles. The fraction of sp³-hybridized carbons (Fsp3) is 0.300. The second kappa shape index (κ2) is 5.55. The van der Waals surface area contributed by atoms with Crippen molar-refractivity contribution in [3.8, 4) is 5.75 Å². The van der Waals surface area contributed by atoms with Crippen LogP contribution in [0.25, 0.3) is 10.9 Å². The summed E-state index contributed by atoms with van der Waals surface area (Å²) in [6.07, 6.45) is 4.54. The van der Waals surface area contributed by atoms with Crippen LogP contribution in [0.5, 0.6) is 5.75 Å². The summed E-state index contributed by atoms with van der Waals surface area (Å²) in [7, 11) is 0. The van der Waals surface area contributed by atoms with Crippen molar-refractivity contribution in [1.29, 1.82) is 0 Å². The number of aryl methyl sites for hydroxylation is 1. The van der Waals surface area contributed by atoms with Crippen LogP contribution in [0.4, 0.5) is 5.69 Å². The number of halogens is 1. The maximum atomic E-state index is 5.71. The number of hydrogen-bond acceptors (Lipinski definition) is 2. The van der Waals surface area contributed by atoms with Crippen molar-refractivity contribution in [2.45, 2.75) is 31.7 Å². The average Bonchev–Trinajstić information content (AvgIpc) is 3.19. The summed E-state index contributed by atoms with van der Waals surface area (Å²) < 4.78 is 6.85. The van der Waals surface area contributed by atoms with Gasteiger partial charge in [-0.05, 0) is 54.7 Å². The quantitative estimate of drug-likeness (QED) is 0.626. The molecule has 1 unspecified atom stereocenters. The number of ether oxygens (including phenoxy) is 1. The molecule has 122 valence electrons. The standard InChI is InChI=1S/C20H19BrN2O/c21-13-5-7-17-16(10-13)15-2-1-3-18(20(15)23-17)22-14-6-4-12-8-9-24-19(12)11-14/h4-7,10-11,18,22-23H,1-3,8-9H2. The van der Waals surface area contributed by atoms with E-state index in [0.29, 0.717) is 6.04 Å². The van der Waals surface area contributed by atoms with Crippen molar-refractivity contribution < 1.29 is 4.74 Å². The number of nitrogens with one attached hydrogen (secondary N) is 2. The molecule has 2 aromatic carbocycles. The highest BCUT2D eigenvalue weighted by Crippen LogP contribution is 2.38. The van der Waals surface area contributed by atoms with Crippen molar-refractivity contribution in [2.75, 3.05) is 11.9 Å². The van der Waals surface area contributed by atoms with Gasteiger partial charge in [-0.3, -0.25) is 0 Å². The monoisotopic (exact) mass is 382 g/mol. The van der Waals surface area contributed by atoms with Crippen LogP contribution in [0.15, 0.2) is 40.9 Å². The molecule has 0 saturated heterocycles. The second-order valence-electron chi connectivity index (χ2n) is 6.72. The van der Waals surface area contributed by atoms with Crippen LogP contribution in [-0.2, 0) is 12.8 Å². The van der Waals surface area contributed by atoms with E-state index in [1.165, 1.54) is 34.1 Å². The van der Waals surface area contributed by atoms with Gasteiger partial charge in [0.1, 0.15) is 5.75 Å². The predicted molar refractivity (Wildman–Crippen MR) is 101 cm³/mol. The number of anilines is 1. The largest absolute Gasteiger partial charge is 0.493 e. The smallest absolute Gasteiger partial charge is 0.124 e. The Labute approximate surface area is 149 Å². The van der Waals surface area contributed by atoms with E-state index in [-0.39, 0.29) is 0 Å². The normalized spacial score (nSPS) is 19.0. The molecule has 0 spiro atoms. The summed E-state index contributed by atoms with van der Waals surface area (Å²) in [5.74, 6) is 1.04. The molecule has 1 atom stereocenters. The Bertz CT molecular complexity index is 931. The maximum absolute atomic E-state index is 5.71. The molecule has 0 amide bonds. The highest BCUT2D eigenvalue weighted by atomic mass is 79.9. The lowest BCUT2D eigenvalue weighted by molar-refractivity contribution is 0.357. The summed E-state index contributed by atoms with van der Waals surface area (Å²) in [4.78, 5) is 3.65. The summed E-state index contributed by atoms with van der Waals surface area (Å²) in [5.41, 5.74) is 6.51. The number of hydrogen-bond donors (Lipinski definition) is 2. The molecule has 1 aromatic heterocycles. The first-order valence-corrected chi connectivity index (χ1v) is 9.39. The third-order valence-electron chi connectivity index (χ3n) is 5.21. The Kier molecular flexibility index (Phi) is 3.33. The molecule has 1 aliphatic carbocycles. The van der Waals surface area contributed by atoms with Gasteiger partial charge in [0.15, 0.2) is 0 Å². The summed E-state index contributed by atoms with van der Waals surface area (Å²) in [6, 6.07) is 13.4. The highest BCUT2D eigenvalue weighted by Gasteiger charge is 2.24. The molecule has 24 heavy (non-hydrogen) atoms. The first-order valence-electron chi connectivity index (χ1n) is 8.60. The van der Waals surface area contributed by atoms with Gasteiger partial charge in [0.05, 0.1) is 12.6 Å². The molecule has 2 aliphatic rings. The van der Waals surface area contributed by atoms with E-state index < -0.39 is 0 Å². The number of aromatic nitrogens is 1. The summed E-state index contributed by atoms with van der Waals surface area (Å²) >= 11 is 3.60. The zero-order chi connectivity index (χ0) is 16.1. The lowest BCUT2D eigenvalue weighted by atomic mass is 9.91. The van der Waals surface area contributed by atoms with Crippen LogP contribution in [0, 0.1) is 0 Å². The Morgan fingerprint density at radius 1 is 1.12 bits per heavy atom. The number of H-pyrrole nitrogens is 1. The molecule has 2 N–H and O–H groups in total. The van der Waals surface area contributed by atoms with Crippen LogP contribution in [0.2, 0.25) is 0 Å². The minimum Gasteiger partial charge on any atom is -0.493 e. The van der Waals surface area contributed by atoms with E-state index in [1.807, 2.05) is 0 Å². The average molecular weight is 383 g/mol. The Morgan fingerprint density at radius 2 is 2.08 bits per heavy atom. The molecular formula is C20H19BrN2O. The van der Waals surface area contributed by atoms with Gasteiger partial charge in [0.2, 0.25) is 0 Å². The Morgan fingerprint density at radius 3 is 3.04 bits per heavy atom. The van der Waals surface area contributed by atoms with E-state index in [4.69, 9.17) is 4.74 Å². The van der Waals surface area contributed by atoms with E-state index >= 15 is 0 Å². The molecule has 0 radical (unpaired) electrons. The fourth-order valence-corrected chi connectivity index (χ4v) is 4.40. The van der Waals surface area contributed by atoms with Crippen LogP contribution < -0.4 is 10.1 Å². The molecule has 0 fully saturated rings. The van der Waals surface area contributed by atoms with E-state index in [1.54, 1.807) is 0 Å². The molecule has 4 heteroatoms. The number of benzene rings is 2. The lowest BCUT2D eigenvalue weighted by Gasteiger charge is -2.25. The molecule has 3 aromatic rings. The van der Waals surface area contributed by atoms with Gasteiger partial charge in [-0.15, -0.1) is 0 Å². The zero-order valence-electron chi connectivity index (χ0n) is 13.4. The fourth-order valence-electron chi connectivity index (χ4n) is 4.04. The van der Waals surface area contributed by atoms with Crippen LogP contribution >= 0.6 is 15.9 Å². The van der Waals surface area contributed by atoms with Gasteiger partial charge in [-0.2, -0.15) is 0 Å². The van der Waals surface area contributed by atoms with Crippen molar-refractivity contribution in [1.82, 2.24) is 4.98 Å². The second-order valence-corrected chi connectivity index (χ2v) is 7.63. The van der Waals surface area contributed by atoms with Crippen LogP contribution in [0.3, 0.4) is 0 Å². The van der Waals surface area contributed by atoms with Crippen molar-refractivity contribution >= 4 is 32.5 Å². The van der Waals surface area contributed by atoms with Crippen molar-refractivity contribution in [2.24, 2.45) is 0 Å². The minimum absolute atomic E-state index is 0.333. The number of fused-ring (bicyclic) bond motifs is 4. The van der Waals surface area contributed by atoms with Crippen LogP contribution in [-0.4, -0.2) is 11.6 Å². The summed E-state index contributed by atoms with van der Waals surface area (Å²) in [6.45, 7) is 0.809. The highest BCUT2D eigenvalue weighted by molar-refractivity contribution is 9.10. The number of rotatable bonds is 2. The van der Waals surface area contributed by atoms with Gasteiger partial charge in [0.25, 0.3) is 0 Å². The minimum atomic E-state index is 0.333. The van der Waals surface area contributed by atoms with E-state index in [0.717, 1.165) is 41.8 Å². The topological polar surface area (TPSA) is 37.0 Å². The maximum Gasteiger partial charge on any atom is 0.124 e. The van der Waals surface area contributed by atoms with Gasteiger partial charge in [-0.25, -0.2) is 0 Å². The van der Waals surface area contributed by atoms with Gasteiger partial charge in [0, 0.05) is 39.2 Å². The molecule has 5 rings (SSSR count). The SMILES string of the molecule is Brc1ccc2[nH]c3c(c2c1)CCCC3Nc1ccc2c(c1)OCC2. The molecule has 2 heterocycles. The number of aromatic amines is 1. The third kappa shape index (κ3) is 2.32. The van der Waals surface area contributed by atoms with Gasteiger partial charge >= 0.3 is 0 Å². The third-order valence-corrected chi connectivity index (χ3v) is 5.70. The van der Waals surface area contributed by atoms with Crippen molar-refractivity contribution in [3.63, 3.8) is 0 Å². The first-order chi connectivity index (χ1) is 11.8. The van der Waals surface area contributed by atoms with E-state index in [2.05, 4.69) is 62.6 Å². The van der Waals surface area contributed by atoms with Crippen LogP contribution in [0.1, 0.15) is 35.7 Å². The molecule has 0 bridgehead atoms. The Balaban J connectivity index is 1.51. The zero-order valence-corrected chi connectivity index (χ0v) is 14.9. The Hall–Kier alpha value is -1.94. The molecular weight excluding hydrogens is 364 g/mol. The predicted octanol–water partition coefficient (Wildman–Crippen LogP) is 5.35. The summed E-state index contributed by atoms with van der Waals surface area (Å²) in [5, 5.41) is 5.07. The molecule has 1 aliphatic heterocycles. The first kappa shape index (κ1) is 14.4. The van der Waals surface area contributed by atoms with Gasteiger partial charge < -0.3 is 15.0 Å². The lowest BCUT2D eigenvalue weighted by Crippen LogP contribution is -2.17. The van der Waals surface area contributed by atoms with Gasteiger partial charge in [-0.1, -0.05) is 22.0 Å².